The number of carbonyl (C=O) groups is 1. The van der Waals surface area contributed by atoms with Crippen LogP contribution in [0, 0.1) is 0 Å². The van der Waals surface area contributed by atoms with E-state index in [0.29, 0.717) is 17.3 Å². The molecule has 19 heavy (non-hydrogen) atoms. The van der Waals surface area contributed by atoms with Crippen molar-refractivity contribution in [2.24, 2.45) is 5.73 Å². The molecular formula is C15H23N3O. The van der Waals surface area contributed by atoms with Gasteiger partial charge in [-0.15, -0.1) is 0 Å². The summed E-state index contributed by atoms with van der Waals surface area (Å²) >= 11 is 0. The zero-order chi connectivity index (χ0) is 13.8. The Balaban J connectivity index is 2.10. The Morgan fingerprint density at radius 2 is 2.05 bits per heavy atom. The molecule has 0 atom stereocenters. The van der Waals surface area contributed by atoms with Gasteiger partial charge in [-0.2, -0.15) is 0 Å². The zero-order valence-electron chi connectivity index (χ0n) is 11.6. The van der Waals surface area contributed by atoms with Crippen LogP contribution in [-0.2, 0) is 6.54 Å². The Bertz CT molecular complexity index is 453. The first-order valence-electron chi connectivity index (χ1n) is 7.04. The molecule has 0 unspecified atom stereocenters. The highest BCUT2D eigenvalue weighted by Gasteiger charge is 2.21. The molecule has 0 bridgehead atoms. The van der Waals surface area contributed by atoms with Crippen molar-refractivity contribution in [2.75, 3.05) is 12.3 Å². The van der Waals surface area contributed by atoms with E-state index in [1.165, 1.54) is 25.7 Å². The lowest BCUT2D eigenvalue weighted by Gasteiger charge is -2.28. The molecule has 0 spiro atoms. The van der Waals surface area contributed by atoms with E-state index in [4.69, 9.17) is 11.5 Å². The predicted octanol–water partition coefficient (Wildman–Crippen LogP) is 2.13. The van der Waals surface area contributed by atoms with Crippen molar-refractivity contribution >= 4 is 11.6 Å². The molecule has 104 valence electrons. The first-order chi connectivity index (χ1) is 9.11. The Morgan fingerprint density at radius 3 is 2.58 bits per heavy atom. The van der Waals surface area contributed by atoms with Crippen LogP contribution in [0.2, 0.25) is 0 Å². The topological polar surface area (TPSA) is 72.3 Å². The number of nitrogens with two attached hydrogens (primary N) is 2. The normalized spacial score (nSPS) is 16.1. The van der Waals surface area contributed by atoms with Crippen molar-refractivity contribution in [2.45, 2.75) is 45.2 Å². The predicted molar refractivity (Wildman–Crippen MR) is 77.7 cm³/mol. The molecule has 1 aromatic rings. The van der Waals surface area contributed by atoms with E-state index in [-0.39, 0.29) is 0 Å². The van der Waals surface area contributed by atoms with Gasteiger partial charge in [0, 0.05) is 23.8 Å². The van der Waals surface area contributed by atoms with E-state index in [1.807, 2.05) is 6.07 Å². The maximum absolute atomic E-state index is 11.1. The molecule has 4 N–H and O–H groups in total. The van der Waals surface area contributed by atoms with Crippen LogP contribution < -0.4 is 11.5 Å². The van der Waals surface area contributed by atoms with Gasteiger partial charge >= 0.3 is 0 Å². The molecule has 2 rings (SSSR count). The van der Waals surface area contributed by atoms with Crippen molar-refractivity contribution in [1.82, 2.24) is 4.90 Å². The molecule has 4 heteroatoms. The molecule has 1 amide bonds. The van der Waals surface area contributed by atoms with Crippen LogP contribution in [0.3, 0.4) is 0 Å². The minimum Gasteiger partial charge on any atom is -0.398 e. The minimum absolute atomic E-state index is 0.429. The third kappa shape index (κ3) is 3.26. The Labute approximate surface area is 114 Å². The first kappa shape index (κ1) is 13.9. The molecule has 1 aromatic carbocycles. The minimum atomic E-state index is -0.429. The standard InChI is InChI=1S/C15H23N3O/c1-2-18(13-5-3-4-6-13)10-12-8-7-11(15(17)19)9-14(12)16/h7-9,13H,2-6,10,16H2,1H3,(H2,17,19). The van der Waals surface area contributed by atoms with Crippen LogP contribution >= 0.6 is 0 Å². The molecule has 1 aliphatic carbocycles. The van der Waals surface area contributed by atoms with Crippen LogP contribution in [0.25, 0.3) is 0 Å². The number of amides is 1. The van der Waals surface area contributed by atoms with Gasteiger partial charge in [0.25, 0.3) is 0 Å². The van der Waals surface area contributed by atoms with Crippen molar-refractivity contribution in [1.29, 1.82) is 0 Å². The Kier molecular flexibility index (Phi) is 4.43. The molecule has 0 aliphatic heterocycles. The zero-order valence-corrected chi connectivity index (χ0v) is 11.6. The average molecular weight is 261 g/mol. The van der Waals surface area contributed by atoms with E-state index < -0.39 is 5.91 Å². The molecule has 4 nitrogen and oxygen atoms in total. The summed E-state index contributed by atoms with van der Waals surface area (Å²) in [5, 5.41) is 0. The number of carbonyl (C=O) groups excluding carboxylic acids is 1. The SMILES string of the molecule is CCN(Cc1ccc(C(N)=O)cc1N)C1CCCC1. The summed E-state index contributed by atoms with van der Waals surface area (Å²) in [6.07, 6.45) is 5.23. The number of nitrogens with zero attached hydrogens (tertiary/aromatic N) is 1. The van der Waals surface area contributed by atoms with Gasteiger partial charge in [-0.25, -0.2) is 0 Å². The lowest BCUT2D eigenvalue weighted by molar-refractivity contribution is 0.100. The fraction of sp³-hybridized carbons (Fsp3) is 0.533. The largest absolute Gasteiger partial charge is 0.398 e. The second kappa shape index (κ2) is 6.06. The highest BCUT2D eigenvalue weighted by Crippen LogP contribution is 2.26. The molecular weight excluding hydrogens is 238 g/mol. The summed E-state index contributed by atoms with van der Waals surface area (Å²) in [5.74, 6) is -0.429. The van der Waals surface area contributed by atoms with Crippen molar-refractivity contribution in [3.05, 3.63) is 29.3 Å². The van der Waals surface area contributed by atoms with Crippen molar-refractivity contribution in [3.63, 3.8) is 0 Å². The fourth-order valence-electron chi connectivity index (χ4n) is 2.88. The van der Waals surface area contributed by atoms with Crippen LogP contribution in [-0.4, -0.2) is 23.4 Å². The van der Waals surface area contributed by atoms with Gasteiger partial charge in [-0.05, 0) is 37.1 Å². The summed E-state index contributed by atoms with van der Waals surface area (Å²) in [6, 6.07) is 6.05. The quantitative estimate of drug-likeness (QED) is 0.798. The van der Waals surface area contributed by atoms with Gasteiger partial charge in [0.1, 0.15) is 0 Å². The number of anilines is 1. The second-order valence-electron chi connectivity index (χ2n) is 5.28. The molecule has 1 aliphatic rings. The highest BCUT2D eigenvalue weighted by atomic mass is 16.1. The first-order valence-corrected chi connectivity index (χ1v) is 7.04. The van der Waals surface area contributed by atoms with E-state index in [0.717, 1.165) is 18.7 Å². The van der Waals surface area contributed by atoms with Crippen molar-refractivity contribution in [3.8, 4) is 0 Å². The lowest BCUT2D eigenvalue weighted by Crippen LogP contribution is -2.32. The van der Waals surface area contributed by atoms with Gasteiger partial charge in [0.15, 0.2) is 0 Å². The van der Waals surface area contributed by atoms with Gasteiger partial charge in [-0.3, -0.25) is 9.69 Å². The molecule has 0 aromatic heterocycles. The van der Waals surface area contributed by atoms with E-state index in [2.05, 4.69) is 11.8 Å². The van der Waals surface area contributed by atoms with Gasteiger partial charge < -0.3 is 11.5 Å². The molecule has 1 fully saturated rings. The molecule has 0 radical (unpaired) electrons. The third-order valence-electron chi connectivity index (χ3n) is 4.05. The Hall–Kier alpha value is -1.55. The molecule has 1 saturated carbocycles. The number of primary amides is 1. The Morgan fingerprint density at radius 1 is 1.37 bits per heavy atom. The van der Waals surface area contributed by atoms with Crippen LogP contribution in [0.4, 0.5) is 5.69 Å². The van der Waals surface area contributed by atoms with Crippen molar-refractivity contribution < 1.29 is 4.79 Å². The molecule has 0 saturated heterocycles. The average Bonchev–Trinajstić information content (AvgIpc) is 2.91. The number of hydrogen-bond donors (Lipinski definition) is 2. The maximum atomic E-state index is 11.1. The smallest absolute Gasteiger partial charge is 0.248 e. The fourth-order valence-corrected chi connectivity index (χ4v) is 2.88. The number of hydrogen-bond acceptors (Lipinski definition) is 3. The molecule has 0 heterocycles. The van der Waals surface area contributed by atoms with Gasteiger partial charge in [0.05, 0.1) is 0 Å². The van der Waals surface area contributed by atoms with Crippen LogP contribution in [0.5, 0.6) is 0 Å². The monoisotopic (exact) mass is 261 g/mol. The number of rotatable bonds is 5. The number of benzene rings is 1. The van der Waals surface area contributed by atoms with Gasteiger partial charge in [-0.1, -0.05) is 25.8 Å². The van der Waals surface area contributed by atoms with E-state index >= 15 is 0 Å². The third-order valence-corrected chi connectivity index (χ3v) is 4.05. The summed E-state index contributed by atoms with van der Waals surface area (Å²) in [4.78, 5) is 13.6. The summed E-state index contributed by atoms with van der Waals surface area (Å²) in [5.41, 5.74) is 13.5. The lowest BCUT2D eigenvalue weighted by atomic mass is 10.1. The summed E-state index contributed by atoms with van der Waals surface area (Å²) in [6.45, 7) is 4.07. The van der Waals surface area contributed by atoms with E-state index in [1.54, 1.807) is 12.1 Å². The summed E-state index contributed by atoms with van der Waals surface area (Å²) in [7, 11) is 0. The van der Waals surface area contributed by atoms with Crippen LogP contribution in [0.1, 0.15) is 48.5 Å². The maximum Gasteiger partial charge on any atom is 0.248 e. The summed E-state index contributed by atoms with van der Waals surface area (Å²) < 4.78 is 0. The van der Waals surface area contributed by atoms with Crippen LogP contribution in [0.15, 0.2) is 18.2 Å². The van der Waals surface area contributed by atoms with E-state index in [9.17, 15) is 4.79 Å². The van der Waals surface area contributed by atoms with Gasteiger partial charge in [0.2, 0.25) is 5.91 Å². The highest BCUT2D eigenvalue weighted by molar-refractivity contribution is 5.93. The number of nitrogen functional groups attached to an aromatic ring is 1. The second-order valence-corrected chi connectivity index (χ2v) is 5.28.